The highest BCUT2D eigenvalue weighted by molar-refractivity contribution is 6.74. The van der Waals surface area contributed by atoms with Crippen LogP contribution in [-0.2, 0) is 4.43 Å². The molecule has 0 saturated carbocycles. The summed E-state index contributed by atoms with van der Waals surface area (Å²) >= 11 is 0. The van der Waals surface area contributed by atoms with Crippen molar-refractivity contribution in [2.24, 2.45) is 5.92 Å². The summed E-state index contributed by atoms with van der Waals surface area (Å²) in [4.78, 5) is 11.4. The summed E-state index contributed by atoms with van der Waals surface area (Å²) in [6.45, 7) is 13.2. The van der Waals surface area contributed by atoms with E-state index in [9.17, 15) is 5.11 Å². The average molecular weight is 448 g/mol. The number of aliphatic hydroxyl groups excluding tert-OH is 1. The molecule has 1 N–H and O–H groups in total. The van der Waals surface area contributed by atoms with Gasteiger partial charge in [0.25, 0.3) is 0 Å². The van der Waals surface area contributed by atoms with Crippen LogP contribution in [-0.4, -0.2) is 63.4 Å². The van der Waals surface area contributed by atoms with Crippen LogP contribution < -0.4 is 14.4 Å². The molecule has 31 heavy (non-hydrogen) atoms. The van der Waals surface area contributed by atoms with Crippen LogP contribution in [0.2, 0.25) is 18.1 Å². The summed E-state index contributed by atoms with van der Waals surface area (Å²) < 4.78 is 17.8. The van der Waals surface area contributed by atoms with Crippen molar-refractivity contribution in [3.63, 3.8) is 0 Å². The van der Waals surface area contributed by atoms with Crippen LogP contribution in [0.25, 0.3) is 10.9 Å². The number of hydrogen-bond donors (Lipinski definition) is 1. The Kier molecular flexibility index (Phi) is 7.13. The first kappa shape index (κ1) is 23.8. The van der Waals surface area contributed by atoms with E-state index < -0.39 is 8.32 Å². The number of benzene rings is 1. The number of nitrogens with zero attached hydrogens (tertiary/aromatic N) is 3. The summed E-state index contributed by atoms with van der Waals surface area (Å²) in [5.41, 5.74) is 0.821. The Hall–Kier alpha value is -1.90. The second kappa shape index (κ2) is 9.30. The second-order valence-electron chi connectivity index (χ2n) is 9.85. The Morgan fingerprint density at radius 1 is 1.13 bits per heavy atom. The molecule has 2 aromatic rings. The van der Waals surface area contributed by atoms with Crippen LogP contribution in [0, 0.1) is 5.92 Å². The van der Waals surface area contributed by atoms with Crippen molar-refractivity contribution in [2.45, 2.75) is 57.8 Å². The third-order valence-corrected chi connectivity index (χ3v) is 11.4. The van der Waals surface area contributed by atoms with Gasteiger partial charge in [0, 0.05) is 31.1 Å². The van der Waals surface area contributed by atoms with E-state index in [1.807, 2.05) is 12.1 Å². The number of aliphatic hydroxyl groups is 1. The lowest BCUT2D eigenvalue weighted by Crippen LogP contribution is -2.53. The zero-order valence-electron chi connectivity index (χ0n) is 19.9. The molecule has 2 heterocycles. The van der Waals surface area contributed by atoms with E-state index in [0.717, 1.165) is 42.7 Å². The maximum atomic E-state index is 9.62. The molecule has 1 saturated heterocycles. The van der Waals surface area contributed by atoms with Crippen molar-refractivity contribution < 1.29 is 19.0 Å². The number of ether oxygens (including phenoxy) is 2. The molecular weight excluding hydrogens is 410 g/mol. The molecule has 1 fully saturated rings. The topological polar surface area (TPSA) is 76.9 Å². The molecule has 1 aromatic carbocycles. The molecule has 0 spiro atoms. The fourth-order valence-electron chi connectivity index (χ4n) is 3.96. The lowest BCUT2D eigenvalue weighted by atomic mass is 9.91. The van der Waals surface area contributed by atoms with E-state index >= 15 is 0 Å². The van der Waals surface area contributed by atoms with Crippen molar-refractivity contribution in [3.05, 3.63) is 18.5 Å². The van der Waals surface area contributed by atoms with Crippen LogP contribution in [0.3, 0.4) is 0 Å². The van der Waals surface area contributed by atoms with Crippen molar-refractivity contribution in [3.8, 4) is 11.5 Å². The van der Waals surface area contributed by atoms with Gasteiger partial charge in [-0.15, -0.1) is 0 Å². The van der Waals surface area contributed by atoms with E-state index in [0.29, 0.717) is 17.4 Å². The highest BCUT2D eigenvalue weighted by Gasteiger charge is 2.42. The molecule has 172 valence electrons. The van der Waals surface area contributed by atoms with Gasteiger partial charge < -0.3 is 23.9 Å². The maximum Gasteiger partial charge on any atom is 0.192 e. The third-order valence-electron chi connectivity index (χ3n) is 6.87. The van der Waals surface area contributed by atoms with Gasteiger partial charge in [0.1, 0.15) is 12.1 Å². The summed E-state index contributed by atoms with van der Waals surface area (Å²) in [5.74, 6) is 2.55. The molecular formula is C23H37N3O4Si. The number of rotatable bonds is 7. The van der Waals surface area contributed by atoms with Gasteiger partial charge in [-0.2, -0.15) is 0 Å². The van der Waals surface area contributed by atoms with Crippen LogP contribution in [0.15, 0.2) is 18.5 Å². The SMILES string of the molecule is COc1cc2ncnc(N3CC[C@@H](CCO)[C@H](O[Si](C)(C)C(C)(C)C)C3)c2cc1OC. The van der Waals surface area contributed by atoms with Crippen molar-refractivity contribution >= 4 is 25.0 Å². The van der Waals surface area contributed by atoms with Gasteiger partial charge in [0.05, 0.1) is 25.8 Å². The predicted molar refractivity (Wildman–Crippen MR) is 127 cm³/mol. The second-order valence-corrected chi connectivity index (χ2v) is 14.6. The first-order valence-corrected chi connectivity index (χ1v) is 13.9. The fourth-order valence-corrected chi connectivity index (χ4v) is 5.34. The van der Waals surface area contributed by atoms with E-state index in [1.165, 1.54) is 0 Å². The monoisotopic (exact) mass is 447 g/mol. The lowest BCUT2D eigenvalue weighted by molar-refractivity contribution is 0.0839. The molecule has 0 unspecified atom stereocenters. The summed E-state index contributed by atoms with van der Waals surface area (Å²) in [5, 5.41) is 10.7. The summed E-state index contributed by atoms with van der Waals surface area (Å²) in [6, 6.07) is 3.84. The van der Waals surface area contributed by atoms with Crippen LogP contribution in [0.5, 0.6) is 11.5 Å². The minimum atomic E-state index is -1.95. The van der Waals surface area contributed by atoms with Crippen LogP contribution in [0.4, 0.5) is 5.82 Å². The summed E-state index contributed by atoms with van der Waals surface area (Å²) in [6.07, 6.45) is 3.39. The zero-order chi connectivity index (χ0) is 22.8. The number of methoxy groups -OCH3 is 2. The van der Waals surface area contributed by atoms with E-state index in [-0.39, 0.29) is 17.7 Å². The molecule has 0 amide bonds. The number of piperidine rings is 1. The largest absolute Gasteiger partial charge is 0.493 e. The van der Waals surface area contributed by atoms with Crippen molar-refractivity contribution in [1.82, 2.24) is 9.97 Å². The molecule has 7 nitrogen and oxygen atoms in total. The number of anilines is 1. The van der Waals surface area contributed by atoms with E-state index in [4.69, 9.17) is 13.9 Å². The van der Waals surface area contributed by atoms with Gasteiger partial charge in [0.2, 0.25) is 0 Å². The van der Waals surface area contributed by atoms with Gasteiger partial charge >= 0.3 is 0 Å². The molecule has 1 aliphatic heterocycles. The quantitative estimate of drug-likeness (QED) is 0.636. The Balaban J connectivity index is 1.95. The summed E-state index contributed by atoms with van der Waals surface area (Å²) in [7, 11) is 1.31. The van der Waals surface area contributed by atoms with Crippen LogP contribution in [0.1, 0.15) is 33.6 Å². The first-order chi connectivity index (χ1) is 14.6. The first-order valence-electron chi connectivity index (χ1n) is 11.0. The van der Waals surface area contributed by atoms with Crippen molar-refractivity contribution in [1.29, 1.82) is 0 Å². The molecule has 0 bridgehead atoms. The number of aromatic nitrogens is 2. The average Bonchev–Trinajstić information content (AvgIpc) is 2.72. The highest BCUT2D eigenvalue weighted by Crippen LogP contribution is 2.41. The number of hydrogen-bond acceptors (Lipinski definition) is 7. The van der Waals surface area contributed by atoms with E-state index in [2.05, 4.69) is 48.7 Å². The Bertz CT molecular complexity index is 900. The highest BCUT2D eigenvalue weighted by atomic mass is 28.4. The molecule has 0 aliphatic carbocycles. The normalized spacial score (nSPS) is 20.2. The minimum Gasteiger partial charge on any atom is -0.493 e. The standard InChI is InChI=1S/C23H37N3O4Si/c1-23(2,3)31(6,7)30-21-14-26(10-8-16(21)9-11-27)22-17-12-19(28-4)20(29-5)13-18(17)24-15-25-22/h12-13,15-16,21,27H,8-11,14H2,1-7H3/t16-,21+/m0/s1. The van der Waals surface area contributed by atoms with Crippen LogP contribution >= 0.6 is 0 Å². The fraction of sp³-hybridized carbons (Fsp3) is 0.652. The minimum absolute atomic E-state index is 0.0620. The van der Waals surface area contributed by atoms with Crippen molar-refractivity contribution in [2.75, 3.05) is 38.8 Å². The number of fused-ring (bicyclic) bond motifs is 1. The molecule has 0 radical (unpaired) electrons. The Labute approximate surface area is 186 Å². The maximum absolute atomic E-state index is 9.62. The smallest absolute Gasteiger partial charge is 0.192 e. The molecule has 3 rings (SSSR count). The Morgan fingerprint density at radius 3 is 2.42 bits per heavy atom. The lowest BCUT2D eigenvalue weighted by Gasteiger charge is -2.46. The Morgan fingerprint density at radius 2 is 1.81 bits per heavy atom. The molecule has 8 heteroatoms. The molecule has 2 atom stereocenters. The molecule has 1 aliphatic rings. The predicted octanol–water partition coefficient (Wildman–Crippen LogP) is 4.25. The third kappa shape index (κ3) is 4.96. The van der Waals surface area contributed by atoms with Gasteiger partial charge in [-0.25, -0.2) is 9.97 Å². The van der Waals surface area contributed by atoms with Gasteiger partial charge in [-0.05, 0) is 43.0 Å². The van der Waals surface area contributed by atoms with Gasteiger partial charge in [-0.1, -0.05) is 20.8 Å². The zero-order valence-corrected chi connectivity index (χ0v) is 20.9. The van der Waals surface area contributed by atoms with Gasteiger partial charge in [-0.3, -0.25) is 0 Å². The van der Waals surface area contributed by atoms with E-state index in [1.54, 1.807) is 20.5 Å². The molecule has 1 aromatic heterocycles. The van der Waals surface area contributed by atoms with Gasteiger partial charge in [0.15, 0.2) is 19.8 Å².